The molecule has 0 fully saturated rings. The summed E-state index contributed by atoms with van der Waals surface area (Å²) < 4.78 is 68.5. The van der Waals surface area contributed by atoms with Gasteiger partial charge < -0.3 is 33.8 Å². The van der Waals surface area contributed by atoms with Gasteiger partial charge in [0.1, 0.15) is 19.3 Å². The lowest BCUT2D eigenvalue weighted by atomic mass is 10.00. The molecule has 566 valence electrons. The second-order valence-corrected chi connectivity index (χ2v) is 30.2. The van der Waals surface area contributed by atoms with Crippen molar-refractivity contribution in [2.45, 2.75) is 400 Å². The first kappa shape index (κ1) is 93.5. The topological polar surface area (TPSA) is 237 Å². The largest absolute Gasteiger partial charge is 0.472 e. The minimum atomic E-state index is -4.97. The molecule has 0 spiro atoms. The lowest BCUT2D eigenvalue weighted by Gasteiger charge is -2.21. The molecule has 17 nitrogen and oxygen atoms in total. The number of esters is 4. The second-order valence-electron chi connectivity index (χ2n) is 27.3. The Hall–Kier alpha value is -2.46. The van der Waals surface area contributed by atoms with Gasteiger partial charge in [-0.3, -0.25) is 37.3 Å². The SMILES string of the molecule is CCCCCC/C=C\C=C/CCCCCCCC(=O)OC[C@H](COP(=O)(O)OC[C@@H](O)COP(=O)(O)OC[C@@H](COC(=O)CCCCCCCCC(C)CC)OC(=O)CCCCCCCCCCCCCCC)OC(=O)CCCCCCCCCCCCCCCCCCCC. The Kier molecular flexibility index (Phi) is 67.8. The van der Waals surface area contributed by atoms with Crippen LogP contribution < -0.4 is 0 Å². The third-order valence-corrected chi connectivity index (χ3v) is 19.7. The van der Waals surface area contributed by atoms with Gasteiger partial charge in [-0.25, -0.2) is 9.13 Å². The Labute approximate surface area is 586 Å². The molecular formula is C77H146O17P2. The maximum atomic E-state index is 13.1. The van der Waals surface area contributed by atoms with Crippen molar-refractivity contribution in [3.8, 4) is 0 Å². The number of ether oxygens (including phenoxy) is 4. The van der Waals surface area contributed by atoms with Crippen molar-refractivity contribution in [2.24, 2.45) is 5.92 Å². The van der Waals surface area contributed by atoms with E-state index in [1.54, 1.807) is 0 Å². The maximum Gasteiger partial charge on any atom is 0.472 e. The Balaban J connectivity index is 5.28. The van der Waals surface area contributed by atoms with E-state index < -0.39 is 97.5 Å². The van der Waals surface area contributed by atoms with Crippen molar-refractivity contribution in [1.82, 2.24) is 0 Å². The molecular weight excluding hydrogens is 1260 g/mol. The number of aliphatic hydroxyl groups excluding tert-OH is 1. The normalized spacial score (nSPS) is 14.4. The number of carbonyl (C=O) groups excluding carboxylic acids is 4. The molecule has 3 N–H and O–H groups in total. The van der Waals surface area contributed by atoms with E-state index in [9.17, 15) is 43.2 Å². The number of rotatable bonds is 75. The molecule has 0 saturated carbocycles. The van der Waals surface area contributed by atoms with Gasteiger partial charge in [-0.15, -0.1) is 0 Å². The molecule has 96 heavy (non-hydrogen) atoms. The minimum absolute atomic E-state index is 0.102. The molecule has 0 aromatic rings. The Morgan fingerprint density at radius 1 is 0.333 bits per heavy atom. The van der Waals surface area contributed by atoms with E-state index >= 15 is 0 Å². The lowest BCUT2D eigenvalue weighted by molar-refractivity contribution is -0.161. The van der Waals surface area contributed by atoms with Crippen LogP contribution in [0.25, 0.3) is 0 Å². The predicted octanol–water partition coefficient (Wildman–Crippen LogP) is 22.4. The highest BCUT2D eigenvalue weighted by atomic mass is 31.2. The summed E-state index contributed by atoms with van der Waals surface area (Å²) in [5, 5.41) is 10.6. The average Bonchev–Trinajstić information content (AvgIpc) is 1.53. The number of phosphoric acid groups is 2. The van der Waals surface area contributed by atoms with Crippen molar-refractivity contribution < 1.29 is 80.2 Å². The minimum Gasteiger partial charge on any atom is -0.462 e. The number of phosphoric ester groups is 2. The Bertz CT molecular complexity index is 1940. The fourth-order valence-corrected chi connectivity index (χ4v) is 12.9. The maximum absolute atomic E-state index is 13.1. The van der Waals surface area contributed by atoms with Gasteiger partial charge in [-0.2, -0.15) is 0 Å². The van der Waals surface area contributed by atoms with Gasteiger partial charge in [0.15, 0.2) is 12.2 Å². The standard InChI is InChI=1S/C77H146O17P2/c1-6-10-13-16-19-22-25-28-30-31-32-34-37-40-43-46-53-58-63-76(81)93-72(66-87-74(79)60-55-50-44-41-38-36-33-29-26-23-20-17-14-11-7-2)68-91-95(83,84)89-64-71(78)65-90-96(85,86)92-69-73(67-88-75(80)61-56-51-48-47-49-54-59-70(5)9-4)94-77(82)62-57-52-45-42-39-35-27-24-21-18-15-12-8-3/h23,26,29,33,70-73,78H,6-22,24-25,27-28,30-32,34-69H2,1-5H3,(H,83,84)(H,85,86)/b26-23-,33-29-/t70?,71-,72-,73-/m1/s1. The van der Waals surface area contributed by atoms with E-state index in [-0.39, 0.29) is 25.7 Å². The van der Waals surface area contributed by atoms with Gasteiger partial charge in [-0.05, 0) is 57.3 Å². The highest BCUT2D eigenvalue weighted by Crippen LogP contribution is 2.45. The number of unbranched alkanes of at least 4 members (excludes halogenated alkanes) is 43. The monoisotopic (exact) mass is 1410 g/mol. The number of allylic oxidation sites excluding steroid dienone is 4. The first-order valence-corrected chi connectivity index (χ1v) is 42.5. The summed E-state index contributed by atoms with van der Waals surface area (Å²) in [5.41, 5.74) is 0. The molecule has 0 aromatic carbocycles. The van der Waals surface area contributed by atoms with E-state index in [4.69, 9.17) is 37.0 Å². The van der Waals surface area contributed by atoms with Crippen LogP contribution in [0.5, 0.6) is 0 Å². The molecule has 0 radical (unpaired) electrons. The van der Waals surface area contributed by atoms with Gasteiger partial charge >= 0.3 is 39.5 Å². The van der Waals surface area contributed by atoms with Gasteiger partial charge in [0.25, 0.3) is 0 Å². The van der Waals surface area contributed by atoms with E-state index in [1.807, 2.05) is 0 Å². The smallest absolute Gasteiger partial charge is 0.462 e. The second kappa shape index (κ2) is 69.6. The summed E-state index contributed by atoms with van der Waals surface area (Å²) in [7, 11) is -9.92. The number of carbonyl (C=O) groups is 4. The predicted molar refractivity (Wildman–Crippen MR) is 391 cm³/mol. The van der Waals surface area contributed by atoms with E-state index in [2.05, 4.69) is 58.9 Å². The van der Waals surface area contributed by atoms with E-state index in [0.717, 1.165) is 121 Å². The Morgan fingerprint density at radius 2 is 0.583 bits per heavy atom. The molecule has 0 saturated heterocycles. The van der Waals surface area contributed by atoms with Gasteiger partial charge in [0, 0.05) is 25.7 Å². The van der Waals surface area contributed by atoms with E-state index in [1.165, 1.54) is 180 Å². The van der Waals surface area contributed by atoms with Gasteiger partial charge in [0.2, 0.25) is 0 Å². The molecule has 0 aliphatic heterocycles. The molecule has 0 aromatic heterocycles. The third-order valence-electron chi connectivity index (χ3n) is 17.8. The molecule has 6 atom stereocenters. The van der Waals surface area contributed by atoms with Crippen molar-refractivity contribution in [3.63, 3.8) is 0 Å². The summed E-state index contributed by atoms with van der Waals surface area (Å²) in [6.07, 6.45) is 61.8. The number of hydrogen-bond acceptors (Lipinski definition) is 15. The molecule has 3 unspecified atom stereocenters. The van der Waals surface area contributed by atoms with Crippen LogP contribution in [0.1, 0.15) is 381 Å². The first-order chi connectivity index (χ1) is 46.6. The number of hydrogen-bond donors (Lipinski definition) is 3. The Morgan fingerprint density at radius 3 is 0.885 bits per heavy atom. The average molecular weight is 1410 g/mol. The third kappa shape index (κ3) is 68.7. The van der Waals surface area contributed by atoms with E-state index in [0.29, 0.717) is 25.7 Å². The highest BCUT2D eigenvalue weighted by Gasteiger charge is 2.30. The van der Waals surface area contributed by atoms with Gasteiger partial charge in [-0.1, -0.05) is 329 Å². The lowest BCUT2D eigenvalue weighted by Crippen LogP contribution is -2.30. The van der Waals surface area contributed by atoms with Crippen LogP contribution in [-0.4, -0.2) is 96.7 Å². The van der Waals surface area contributed by atoms with Crippen LogP contribution in [0.4, 0.5) is 0 Å². The molecule has 0 aliphatic rings. The summed E-state index contributed by atoms with van der Waals surface area (Å²) in [6, 6.07) is 0. The summed E-state index contributed by atoms with van der Waals surface area (Å²) in [6.45, 7) is 7.19. The molecule has 0 aliphatic carbocycles. The fraction of sp³-hybridized carbons (Fsp3) is 0.896. The summed E-state index contributed by atoms with van der Waals surface area (Å²) in [5.74, 6) is -1.41. The molecule has 0 rings (SSSR count). The summed E-state index contributed by atoms with van der Waals surface area (Å²) in [4.78, 5) is 72.8. The summed E-state index contributed by atoms with van der Waals surface area (Å²) >= 11 is 0. The van der Waals surface area contributed by atoms with Crippen LogP contribution in [0.15, 0.2) is 24.3 Å². The van der Waals surface area contributed by atoms with Crippen molar-refractivity contribution in [3.05, 3.63) is 24.3 Å². The van der Waals surface area contributed by atoms with Crippen LogP contribution >= 0.6 is 15.6 Å². The van der Waals surface area contributed by atoms with Crippen LogP contribution in [0.2, 0.25) is 0 Å². The molecule has 19 heteroatoms. The molecule has 0 bridgehead atoms. The quantitative estimate of drug-likeness (QED) is 0.0169. The molecule has 0 heterocycles. The fourth-order valence-electron chi connectivity index (χ4n) is 11.3. The zero-order valence-electron chi connectivity index (χ0n) is 62.0. The molecule has 0 amide bonds. The number of aliphatic hydroxyl groups is 1. The zero-order valence-corrected chi connectivity index (χ0v) is 63.8. The zero-order chi connectivity index (χ0) is 70.5. The van der Waals surface area contributed by atoms with Crippen molar-refractivity contribution >= 4 is 39.5 Å². The van der Waals surface area contributed by atoms with Crippen LogP contribution in [0.3, 0.4) is 0 Å². The van der Waals surface area contributed by atoms with Crippen molar-refractivity contribution in [2.75, 3.05) is 39.6 Å². The highest BCUT2D eigenvalue weighted by molar-refractivity contribution is 7.47. The van der Waals surface area contributed by atoms with Crippen LogP contribution in [0, 0.1) is 5.92 Å². The van der Waals surface area contributed by atoms with Crippen LogP contribution in [-0.2, 0) is 65.4 Å². The first-order valence-electron chi connectivity index (χ1n) is 39.5. The van der Waals surface area contributed by atoms with Gasteiger partial charge in [0.05, 0.1) is 26.4 Å². The van der Waals surface area contributed by atoms with Crippen molar-refractivity contribution in [1.29, 1.82) is 0 Å².